The van der Waals surface area contributed by atoms with Gasteiger partial charge in [0.15, 0.2) is 5.78 Å². The molecule has 2 aromatic rings. The Hall–Kier alpha value is -2.74. The molecule has 2 rings (SSSR count). The molecule has 0 aromatic heterocycles. The fraction of sp³-hybridized carbons (Fsp3) is 0.125. The van der Waals surface area contributed by atoms with Crippen molar-refractivity contribution in [3.8, 4) is 11.8 Å². The molecule has 5 heteroatoms. The molecule has 3 nitrogen and oxygen atoms in total. The average molecular weight is 287 g/mol. The minimum atomic E-state index is -0.554. The van der Waals surface area contributed by atoms with Crippen LogP contribution in [0.2, 0.25) is 0 Å². The fourth-order valence-corrected chi connectivity index (χ4v) is 1.82. The predicted octanol–water partition coefficient (Wildman–Crippen LogP) is 3.62. The molecule has 0 atom stereocenters. The van der Waals surface area contributed by atoms with Crippen LogP contribution < -0.4 is 4.74 Å². The van der Waals surface area contributed by atoms with Crippen molar-refractivity contribution >= 4 is 5.78 Å². The van der Waals surface area contributed by atoms with Crippen molar-refractivity contribution in [2.75, 3.05) is 0 Å². The highest BCUT2D eigenvalue weighted by molar-refractivity contribution is 5.96. The number of hydrogen-bond donors (Lipinski definition) is 0. The second-order valence-corrected chi connectivity index (χ2v) is 4.40. The van der Waals surface area contributed by atoms with Crippen LogP contribution in [0.4, 0.5) is 8.78 Å². The van der Waals surface area contributed by atoms with E-state index in [9.17, 15) is 13.6 Å². The van der Waals surface area contributed by atoms with Crippen molar-refractivity contribution in [1.29, 1.82) is 5.26 Å². The highest BCUT2D eigenvalue weighted by Crippen LogP contribution is 2.22. The summed E-state index contributed by atoms with van der Waals surface area (Å²) in [7, 11) is 0. The number of Topliss-reactive ketones (excluding diaryl/α,β-unsaturated/α-hetero) is 1. The zero-order chi connectivity index (χ0) is 15.4. The first-order valence-corrected chi connectivity index (χ1v) is 6.13. The van der Waals surface area contributed by atoms with Gasteiger partial charge in [0.1, 0.15) is 24.0 Å². The molecule has 0 aliphatic heterocycles. The average Bonchev–Trinajstić information content (AvgIpc) is 2.46. The number of hydrogen-bond acceptors (Lipinski definition) is 3. The number of benzene rings is 2. The zero-order valence-corrected chi connectivity index (χ0v) is 11.2. The van der Waals surface area contributed by atoms with E-state index in [-0.39, 0.29) is 29.3 Å². The number of nitrogens with zero attached hydrogens (tertiary/aromatic N) is 1. The Balaban J connectivity index is 2.26. The summed E-state index contributed by atoms with van der Waals surface area (Å²) in [6.07, 6.45) is 0. The predicted molar refractivity (Wildman–Crippen MR) is 71.9 cm³/mol. The Kier molecular flexibility index (Phi) is 4.29. The Morgan fingerprint density at radius 3 is 2.67 bits per heavy atom. The summed E-state index contributed by atoms with van der Waals surface area (Å²) in [6.45, 7) is 1.13. The van der Waals surface area contributed by atoms with Gasteiger partial charge in [-0.2, -0.15) is 5.26 Å². The van der Waals surface area contributed by atoms with Crippen LogP contribution in [0.1, 0.15) is 28.4 Å². The molecule has 0 spiro atoms. The summed E-state index contributed by atoms with van der Waals surface area (Å²) in [6, 6.07) is 9.30. The largest absolute Gasteiger partial charge is 0.488 e. The summed E-state index contributed by atoms with van der Waals surface area (Å²) in [5.74, 6) is -1.32. The van der Waals surface area contributed by atoms with Gasteiger partial charge in [-0.1, -0.05) is 0 Å². The van der Waals surface area contributed by atoms with Gasteiger partial charge in [-0.25, -0.2) is 8.78 Å². The molecular formula is C16H11F2NO2. The summed E-state index contributed by atoms with van der Waals surface area (Å²) in [5, 5.41) is 8.78. The highest BCUT2D eigenvalue weighted by atomic mass is 19.1. The van der Waals surface area contributed by atoms with Crippen molar-refractivity contribution in [2.24, 2.45) is 0 Å². The van der Waals surface area contributed by atoms with Crippen LogP contribution in [-0.4, -0.2) is 5.78 Å². The summed E-state index contributed by atoms with van der Waals surface area (Å²) in [5.41, 5.74) is 0.669. The van der Waals surface area contributed by atoms with E-state index >= 15 is 0 Å². The molecule has 0 radical (unpaired) electrons. The van der Waals surface area contributed by atoms with Crippen LogP contribution in [0.25, 0.3) is 0 Å². The standard InChI is InChI=1S/C16H11F2NO2/c1-10(20)14-4-3-13(17)7-16(14)21-9-12-6-11(8-19)2-5-15(12)18/h2-7H,9H2,1H3. The molecule has 106 valence electrons. The molecule has 0 unspecified atom stereocenters. The zero-order valence-electron chi connectivity index (χ0n) is 11.2. The monoisotopic (exact) mass is 287 g/mol. The van der Waals surface area contributed by atoms with Gasteiger partial charge in [0, 0.05) is 11.6 Å². The van der Waals surface area contributed by atoms with Crippen molar-refractivity contribution in [3.05, 3.63) is 64.7 Å². The third kappa shape index (κ3) is 3.42. The number of ether oxygens (including phenoxy) is 1. The lowest BCUT2D eigenvalue weighted by atomic mass is 10.1. The third-order valence-electron chi connectivity index (χ3n) is 2.88. The Labute approximate surface area is 120 Å². The minimum absolute atomic E-state index is 0.0456. The molecule has 0 amide bonds. The Morgan fingerprint density at radius 2 is 2.00 bits per heavy atom. The lowest BCUT2D eigenvalue weighted by Gasteiger charge is -2.10. The maximum absolute atomic E-state index is 13.6. The number of carbonyl (C=O) groups is 1. The first kappa shape index (κ1) is 14.7. The minimum Gasteiger partial charge on any atom is -0.488 e. The van der Waals surface area contributed by atoms with Crippen LogP contribution in [0.5, 0.6) is 5.75 Å². The van der Waals surface area contributed by atoms with Gasteiger partial charge in [0.05, 0.1) is 17.2 Å². The first-order valence-electron chi connectivity index (χ1n) is 6.13. The van der Waals surface area contributed by atoms with E-state index < -0.39 is 11.6 Å². The molecule has 0 bridgehead atoms. The van der Waals surface area contributed by atoms with E-state index in [1.807, 2.05) is 6.07 Å². The number of ketones is 1. The Bertz CT molecular complexity index is 736. The van der Waals surface area contributed by atoms with Gasteiger partial charge in [-0.15, -0.1) is 0 Å². The van der Waals surface area contributed by atoms with Crippen molar-refractivity contribution in [2.45, 2.75) is 13.5 Å². The van der Waals surface area contributed by atoms with Gasteiger partial charge in [-0.3, -0.25) is 4.79 Å². The molecule has 0 saturated heterocycles. The SMILES string of the molecule is CC(=O)c1ccc(F)cc1OCc1cc(C#N)ccc1F. The lowest BCUT2D eigenvalue weighted by molar-refractivity contribution is 0.101. The summed E-state index contributed by atoms with van der Waals surface area (Å²) < 4.78 is 32.2. The van der Waals surface area contributed by atoms with Gasteiger partial charge in [-0.05, 0) is 37.3 Å². The van der Waals surface area contributed by atoms with Gasteiger partial charge >= 0.3 is 0 Å². The van der Waals surface area contributed by atoms with E-state index in [4.69, 9.17) is 10.00 Å². The number of carbonyl (C=O) groups excluding carboxylic acids is 1. The molecule has 0 heterocycles. The van der Waals surface area contributed by atoms with E-state index in [2.05, 4.69) is 0 Å². The maximum atomic E-state index is 13.6. The molecule has 0 saturated carbocycles. The topological polar surface area (TPSA) is 50.1 Å². The lowest BCUT2D eigenvalue weighted by Crippen LogP contribution is -2.04. The smallest absolute Gasteiger partial charge is 0.163 e. The van der Waals surface area contributed by atoms with Crippen LogP contribution in [0, 0.1) is 23.0 Å². The molecule has 0 N–H and O–H groups in total. The Morgan fingerprint density at radius 1 is 1.24 bits per heavy atom. The molecule has 0 fully saturated rings. The van der Waals surface area contributed by atoms with Crippen LogP contribution >= 0.6 is 0 Å². The van der Waals surface area contributed by atoms with Gasteiger partial charge < -0.3 is 4.74 Å². The highest BCUT2D eigenvalue weighted by Gasteiger charge is 2.11. The van der Waals surface area contributed by atoms with Crippen LogP contribution in [0.15, 0.2) is 36.4 Å². The molecule has 21 heavy (non-hydrogen) atoms. The molecule has 0 aliphatic rings. The van der Waals surface area contributed by atoms with E-state index in [0.717, 1.165) is 18.2 Å². The number of nitriles is 1. The molecule has 2 aromatic carbocycles. The summed E-state index contributed by atoms with van der Waals surface area (Å²) in [4.78, 5) is 11.4. The summed E-state index contributed by atoms with van der Waals surface area (Å²) >= 11 is 0. The number of halogens is 2. The quantitative estimate of drug-likeness (QED) is 0.807. The van der Waals surface area contributed by atoms with Crippen LogP contribution in [0.3, 0.4) is 0 Å². The molecule has 0 aliphatic carbocycles. The van der Waals surface area contributed by atoms with Gasteiger partial charge in [0.2, 0.25) is 0 Å². The van der Waals surface area contributed by atoms with E-state index in [1.165, 1.54) is 25.1 Å². The maximum Gasteiger partial charge on any atom is 0.163 e. The number of rotatable bonds is 4. The van der Waals surface area contributed by atoms with Crippen molar-refractivity contribution < 1.29 is 18.3 Å². The second kappa shape index (κ2) is 6.14. The second-order valence-electron chi connectivity index (χ2n) is 4.40. The van der Waals surface area contributed by atoms with E-state index in [1.54, 1.807) is 0 Å². The van der Waals surface area contributed by atoms with Crippen molar-refractivity contribution in [1.82, 2.24) is 0 Å². The van der Waals surface area contributed by atoms with Crippen molar-refractivity contribution in [3.63, 3.8) is 0 Å². The van der Waals surface area contributed by atoms with Gasteiger partial charge in [0.25, 0.3) is 0 Å². The first-order chi connectivity index (χ1) is 10.0. The van der Waals surface area contributed by atoms with E-state index in [0.29, 0.717) is 5.56 Å². The normalized spacial score (nSPS) is 10.0. The molecular weight excluding hydrogens is 276 g/mol. The fourth-order valence-electron chi connectivity index (χ4n) is 1.82. The van der Waals surface area contributed by atoms with Crippen LogP contribution in [-0.2, 0) is 6.61 Å². The third-order valence-corrected chi connectivity index (χ3v) is 2.88.